The summed E-state index contributed by atoms with van der Waals surface area (Å²) < 4.78 is 15.8. The topological polar surface area (TPSA) is 81.4 Å². The molecule has 0 N–H and O–H groups in total. The van der Waals surface area contributed by atoms with E-state index in [9.17, 15) is 10.1 Å². The Hall–Kier alpha value is -4.37. The van der Waals surface area contributed by atoms with Gasteiger partial charge in [0.25, 0.3) is 0 Å². The van der Waals surface area contributed by atoms with Gasteiger partial charge in [0.2, 0.25) is 5.88 Å². The molecule has 158 valence electrons. The molecular weight excluding hydrogens is 404 g/mol. The van der Waals surface area contributed by atoms with E-state index in [1.54, 1.807) is 13.2 Å². The van der Waals surface area contributed by atoms with Crippen LogP contribution in [-0.2, 0) is 4.74 Å². The van der Waals surface area contributed by atoms with Gasteiger partial charge in [0.1, 0.15) is 17.4 Å². The molecule has 0 aliphatic heterocycles. The van der Waals surface area contributed by atoms with Gasteiger partial charge < -0.3 is 14.2 Å². The highest BCUT2D eigenvalue weighted by molar-refractivity contribution is 6.04. The van der Waals surface area contributed by atoms with Crippen LogP contribution in [-0.4, -0.2) is 32.3 Å². The minimum Gasteiger partial charge on any atom is -0.497 e. The summed E-state index contributed by atoms with van der Waals surface area (Å²) in [5, 5.41) is 9.83. The molecule has 4 rings (SSSR count). The van der Waals surface area contributed by atoms with Gasteiger partial charge in [-0.15, -0.1) is 0 Å². The van der Waals surface area contributed by atoms with Gasteiger partial charge in [0.05, 0.1) is 32.6 Å². The number of rotatable bonds is 5. The molecule has 2 aromatic rings. The van der Waals surface area contributed by atoms with Crippen LogP contribution in [0.3, 0.4) is 0 Å². The van der Waals surface area contributed by atoms with Crippen molar-refractivity contribution in [3.05, 3.63) is 77.9 Å². The fraction of sp³-hybridized carbons (Fsp3) is 0.115. The van der Waals surface area contributed by atoms with E-state index >= 15 is 0 Å². The molecule has 0 unspecified atom stereocenters. The summed E-state index contributed by atoms with van der Waals surface area (Å²) in [6, 6.07) is 22.7. The van der Waals surface area contributed by atoms with Crippen molar-refractivity contribution in [3.8, 4) is 51.2 Å². The highest BCUT2D eigenvalue weighted by Gasteiger charge is 2.24. The zero-order valence-corrected chi connectivity index (χ0v) is 17.9. The Labute approximate surface area is 186 Å². The first kappa shape index (κ1) is 20.9. The number of carbonyl (C=O) groups excluding carboxylic acids is 1. The van der Waals surface area contributed by atoms with Gasteiger partial charge in [-0.1, -0.05) is 42.5 Å². The lowest BCUT2D eigenvalue weighted by molar-refractivity contribution is 0.0602. The quantitative estimate of drug-likeness (QED) is 0.410. The Kier molecular flexibility index (Phi) is 5.73. The van der Waals surface area contributed by atoms with Crippen LogP contribution in [0.15, 0.2) is 66.7 Å². The summed E-state index contributed by atoms with van der Waals surface area (Å²) in [6.45, 7) is 0. The average molecular weight is 424 g/mol. The molecule has 6 heteroatoms. The Morgan fingerprint density at radius 1 is 0.844 bits per heavy atom. The highest BCUT2D eigenvalue weighted by Crippen LogP contribution is 2.41. The molecule has 0 saturated heterocycles. The first-order valence-corrected chi connectivity index (χ1v) is 9.85. The minimum absolute atomic E-state index is 0.206. The molecule has 0 radical (unpaired) electrons. The third kappa shape index (κ3) is 3.61. The molecule has 1 aromatic carbocycles. The van der Waals surface area contributed by atoms with E-state index in [1.165, 1.54) is 14.2 Å². The maximum atomic E-state index is 12.4. The second-order valence-corrected chi connectivity index (χ2v) is 6.98. The normalized spacial score (nSPS) is 10.4. The largest absolute Gasteiger partial charge is 0.497 e. The maximum absolute atomic E-state index is 12.4. The van der Waals surface area contributed by atoms with Gasteiger partial charge in [-0.25, -0.2) is 9.78 Å². The van der Waals surface area contributed by atoms with Crippen LogP contribution in [0.1, 0.15) is 15.9 Å². The number of nitrogens with zero attached hydrogens (tertiary/aromatic N) is 2. The van der Waals surface area contributed by atoms with Crippen molar-refractivity contribution in [2.24, 2.45) is 0 Å². The van der Waals surface area contributed by atoms with E-state index in [0.29, 0.717) is 28.1 Å². The van der Waals surface area contributed by atoms with Gasteiger partial charge >= 0.3 is 5.97 Å². The summed E-state index contributed by atoms with van der Waals surface area (Å²) in [6.07, 6.45) is 0. The molecule has 1 heterocycles. The Morgan fingerprint density at radius 2 is 1.62 bits per heavy atom. The van der Waals surface area contributed by atoms with Gasteiger partial charge in [-0.05, 0) is 41.0 Å². The standard InChI is InChI=1S/C26H20N2O4/c1-30-17-9-7-8-16(12-17)20-14-24(28-25(31-2)23(20)15-27)21-13-22(26(29)32-3)19-11-6-4-5-10-18(19)21/h4-14H,1-3H3. The Bertz CT molecular complexity index is 1320. The molecule has 6 nitrogen and oxygen atoms in total. The summed E-state index contributed by atoms with van der Waals surface area (Å²) in [5.41, 5.74) is 5.12. The minimum atomic E-state index is -0.430. The molecule has 32 heavy (non-hydrogen) atoms. The molecule has 2 aliphatic carbocycles. The van der Waals surface area contributed by atoms with Crippen LogP contribution in [0.4, 0.5) is 0 Å². The molecule has 2 aliphatic rings. The summed E-state index contributed by atoms with van der Waals surface area (Å²) in [5.74, 6) is 0.445. The predicted molar refractivity (Wildman–Crippen MR) is 121 cm³/mol. The SMILES string of the molecule is COC(=O)c1cc(-c2cc(-c3cccc(OC)c3)c(C#N)c(OC)n2)c2cccccc1-2. The number of hydrogen-bond acceptors (Lipinski definition) is 6. The smallest absolute Gasteiger partial charge is 0.338 e. The van der Waals surface area contributed by atoms with Crippen molar-refractivity contribution in [2.45, 2.75) is 0 Å². The number of nitriles is 1. The molecule has 0 spiro atoms. The van der Waals surface area contributed by atoms with Crippen LogP contribution in [0.2, 0.25) is 0 Å². The fourth-order valence-electron chi connectivity index (χ4n) is 3.74. The van der Waals surface area contributed by atoms with Gasteiger partial charge in [-0.2, -0.15) is 5.26 Å². The van der Waals surface area contributed by atoms with E-state index in [4.69, 9.17) is 14.2 Å². The third-order valence-electron chi connectivity index (χ3n) is 5.26. The van der Waals surface area contributed by atoms with Crippen molar-refractivity contribution in [2.75, 3.05) is 21.3 Å². The van der Waals surface area contributed by atoms with Crippen LogP contribution in [0, 0.1) is 11.3 Å². The van der Waals surface area contributed by atoms with Gasteiger partial charge in [0, 0.05) is 11.1 Å². The van der Waals surface area contributed by atoms with Crippen LogP contribution >= 0.6 is 0 Å². The second-order valence-electron chi connectivity index (χ2n) is 6.98. The number of pyridine rings is 1. The van der Waals surface area contributed by atoms with Crippen LogP contribution < -0.4 is 9.47 Å². The molecule has 0 fully saturated rings. The average Bonchev–Trinajstić information content (AvgIpc) is 3.03. The molecule has 0 amide bonds. The number of benzene rings is 1. The molecular formula is C26H20N2O4. The fourth-order valence-corrected chi connectivity index (χ4v) is 3.74. The van der Waals surface area contributed by atoms with E-state index in [1.807, 2.05) is 60.7 Å². The molecule has 0 bridgehead atoms. The number of ether oxygens (including phenoxy) is 3. The lowest BCUT2D eigenvalue weighted by atomic mass is 9.98. The van der Waals surface area contributed by atoms with Gasteiger partial charge in [-0.3, -0.25) is 0 Å². The monoisotopic (exact) mass is 424 g/mol. The number of fused-ring (bicyclic) bond motifs is 1. The first-order chi connectivity index (χ1) is 15.6. The zero-order valence-electron chi connectivity index (χ0n) is 17.9. The van der Waals surface area contributed by atoms with Crippen molar-refractivity contribution in [3.63, 3.8) is 0 Å². The van der Waals surface area contributed by atoms with E-state index in [0.717, 1.165) is 22.3 Å². The molecule has 0 saturated carbocycles. The molecule has 0 atom stereocenters. The highest BCUT2D eigenvalue weighted by atomic mass is 16.5. The number of esters is 1. The summed E-state index contributed by atoms with van der Waals surface area (Å²) in [4.78, 5) is 17.0. The number of methoxy groups -OCH3 is 3. The predicted octanol–water partition coefficient (Wildman–Crippen LogP) is 5.20. The lowest BCUT2D eigenvalue weighted by Gasteiger charge is -2.12. The summed E-state index contributed by atoms with van der Waals surface area (Å²) >= 11 is 0. The maximum Gasteiger partial charge on any atom is 0.338 e. The number of hydrogen-bond donors (Lipinski definition) is 0. The Balaban J connectivity index is 2.01. The number of carbonyl (C=O) groups is 1. The van der Waals surface area contributed by atoms with Gasteiger partial charge in [0.15, 0.2) is 0 Å². The van der Waals surface area contributed by atoms with E-state index in [2.05, 4.69) is 11.1 Å². The zero-order chi connectivity index (χ0) is 22.7. The van der Waals surface area contributed by atoms with Crippen molar-refractivity contribution in [1.29, 1.82) is 5.26 Å². The van der Waals surface area contributed by atoms with Crippen LogP contribution in [0.25, 0.3) is 33.5 Å². The molecule has 1 aromatic heterocycles. The van der Waals surface area contributed by atoms with E-state index in [-0.39, 0.29) is 5.88 Å². The lowest BCUT2D eigenvalue weighted by Crippen LogP contribution is -2.00. The van der Waals surface area contributed by atoms with Crippen molar-refractivity contribution in [1.82, 2.24) is 4.98 Å². The number of aromatic nitrogens is 1. The van der Waals surface area contributed by atoms with Crippen molar-refractivity contribution < 1.29 is 19.0 Å². The summed E-state index contributed by atoms with van der Waals surface area (Å²) in [7, 11) is 4.42. The first-order valence-electron chi connectivity index (χ1n) is 9.85. The Morgan fingerprint density at radius 3 is 2.31 bits per heavy atom. The van der Waals surface area contributed by atoms with E-state index < -0.39 is 5.97 Å². The third-order valence-corrected chi connectivity index (χ3v) is 5.26. The second kappa shape index (κ2) is 8.78. The van der Waals surface area contributed by atoms with Crippen LogP contribution in [0.5, 0.6) is 11.6 Å². The van der Waals surface area contributed by atoms with Crippen molar-refractivity contribution >= 4 is 5.97 Å².